The van der Waals surface area contributed by atoms with Crippen LogP contribution in [-0.2, 0) is 6.54 Å². The lowest BCUT2D eigenvalue weighted by molar-refractivity contribution is 0.0563. The van der Waals surface area contributed by atoms with Crippen molar-refractivity contribution in [1.82, 2.24) is 9.80 Å². The van der Waals surface area contributed by atoms with Gasteiger partial charge in [0.05, 0.1) is 0 Å². The summed E-state index contributed by atoms with van der Waals surface area (Å²) in [7, 11) is 4.10. The van der Waals surface area contributed by atoms with Crippen molar-refractivity contribution in [3.05, 3.63) is 35.4 Å². The van der Waals surface area contributed by atoms with E-state index in [1.807, 2.05) is 37.2 Å². The van der Waals surface area contributed by atoms with E-state index in [2.05, 4.69) is 31.7 Å². The first kappa shape index (κ1) is 17.0. The van der Waals surface area contributed by atoms with Crippen molar-refractivity contribution in [3.8, 4) is 0 Å². The summed E-state index contributed by atoms with van der Waals surface area (Å²) in [4.78, 5) is 17.0. The van der Waals surface area contributed by atoms with Gasteiger partial charge in [0.1, 0.15) is 0 Å². The van der Waals surface area contributed by atoms with Gasteiger partial charge in [0.15, 0.2) is 0 Å². The zero-order chi connectivity index (χ0) is 16.3. The van der Waals surface area contributed by atoms with E-state index in [1.165, 1.54) is 12.0 Å². The molecule has 0 aromatic heterocycles. The Kier molecular flexibility index (Phi) is 5.28. The van der Waals surface area contributed by atoms with Gasteiger partial charge in [-0.05, 0) is 56.0 Å². The Morgan fingerprint density at radius 3 is 2.68 bits per heavy atom. The smallest absolute Gasteiger partial charge is 0.253 e. The quantitative estimate of drug-likeness (QED) is 0.851. The van der Waals surface area contributed by atoms with E-state index in [0.29, 0.717) is 5.92 Å². The van der Waals surface area contributed by atoms with Crippen LogP contribution in [0.4, 0.5) is 0 Å². The summed E-state index contributed by atoms with van der Waals surface area (Å²) in [6.07, 6.45) is 2.35. The minimum absolute atomic E-state index is 0.189. The molecule has 2 rings (SSSR count). The Morgan fingerprint density at radius 1 is 1.32 bits per heavy atom. The fourth-order valence-corrected chi connectivity index (χ4v) is 3.22. The van der Waals surface area contributed by atoms with E-state index < -0.39 is 0 Å². The van der Waals surface area contributed by atoms with Crippen LogP contribution in [0.5, 0.6) is 0 Å². The van der Waals surface area contributed by atoms with Crippen LogP contribution in [0.1, 0.15) is 49.5 Å². The minimum Gasteiger partial charge on any atom is -0.338 e. The number of benzene rings is 1. The summed E-state index contributed by atoms with van der Waals surface area (Å²) in [6, 6.07) is 8.08. The first-order chi connectivity index (χ1) is 10.3. The maximum Gasteiger partial charge on any atom is 0.253 e. The maximum atomic E-state index is 12.8. The van der Waals surface area contributed by atoms with Gasteiger partial charge in [0.2, 0.25) is 0 Å². The number of likely N-dealkylation sites (tertiary alicyclic amines) is 1. The van der Waals surface area contributed by atoms with Crippen LogP contribution in [0.15, 0.2) is 24.3 Å². The predicted octanol–water partition coefficient (Wildman–Crippen LogP) is 3.65. The first-order valence-electron chi connectivity index (χ1n) is 8.30. The number of rotatable bonds is 3. The molecule has 1 atom stereocenters. The third-order valence-electron chi connectivity index (χ3n) is 4.61. The summed E-state index contributed by atoms with van der Waals surface area (Å²) in [5.74, 6) is 0.782. The van der Waals surface area contributed by atoms with Crippen molar-refractivity contribution in [2.45, 2.75) is 40.2 Å². The van der Waals surface area contributed by atoms with Gasteiger partial charge in [-0.15, -0.1) is 0 Å². The molecule has 1 saturated heterocycles. The van der Waals surface area contributed by atoms with Crippen LogP contribution >= 0.6 is 0 Å². The molecule has 0 spiro atoms. The number of amides is 1. The van der Waals surface area contributed by atoms with Crippen molar-refractivity contribution in [1.29, 1.82) is 0 Å². The molecule has 3 nitrogen and oxygen atoms in total. The number of carbonyl (C=O) groups is 1. The summed E-state index contributed by atoms with van der Waals surface area (Å²) >= 11 is 0. The lowest BCUT2D eigenvalue weighted by Gasteiger charge is -2.39. The molecular formula is C19H30N2O. The second kappa shape index (κ2) is 6.82. The molecule has 1 aliphatic heterocycles. The van der Waals surface area contributed by atoms with Gasteiger partial charge in [-0.2, -0.15) is 0 Å². The second-order valence-corrected chi connectivity index (χ2v) is 7.89. The highest BCUT2D eigenvalue weighted by Crippen LogP contribution is 2.33. The maximum absolute atomic E-state index is 12.8. The average molecular weight is 302 g/mol. The van der Waals surface area contributed by atoms with Crippen molar-refractivity contribution in [3.63, 3.8) is 0 Å². The number of hydrogen-bond donors (Lipinski definition) is 0. The van der Waals surface area contributed by atoms with Crippen LogP contribution in [0.25, 0.3) is 0 Å². The largest absolute Gasteiger partial charge is 0.338 e. The molecule has 122 valence electrons. The fraction of sp³-hybridized carbons (Fsp3) is 0.632. The summed E-state index contributed by atoms with van der Waals surface area (Å²) in [5, 5.41) is 0. The lowest BCUT2D eigenvalue weighted by Crippen LogP contribution is -2.43. The van der Waals surface area contributed by atoms with Gasteiger partial charge in [-0.25, -0.2) is 0 Å². The molecule has 0 bridgehead atoms. The van der Waals surface area contributed by atoms with Crippen LogP contribution in [0.3, 0.4) is 0 Å². The molecule has 1 fully saturated rings. The highest BCUT2D eigenvalue weighted by atomic mass is 16.2. The molecule has 1 aromatic rings. The van der Waals surface area contributed by atoms with Gasteiger partial charge in [0, 0.05) is 25.2 Å². The van der Waals surface area contributed by atoms with E-state index in [0.717, 1.165) is 31.6 Å². The lowest BCUT2D eigenvalue weighted by atomic mass is 9.76. The zero-order valence-corrected chi connectivity index (χ0v) is 14.7. The highest BCUT2D eigenvalue weighted by Gasteiger charge is 2.31. The second-order valence-electron chi connectivity index (χ2n) is 7.89. The van der Waals surface area contributed by atoms with Crippen molar-refractivity contribution >= 4 is 5.91 Å². The monoisotopic (exact) mass is 302 g/mol. The van der Waals surface area contributed by atoms with E-state index in [4.69, 9.17) is 0 Å². The average Bonchev–Trinajstić information content (AvgIpc) is 2.45. The minimum atomic E-state index is 0.189. The third-order valence-corrected chi connectivity index (χ3v) is 4.61. The standard InChI is InChI=1S/C19H30N2O/c1-19(2,3)17-10-7-11-21(14-17)18(22)16-9-6-8-15(12-16)13-20(4)5/h6,8-9,12,17H,7,10-11,13-14H2,1-5H3/t17-/m0/s1. The molecule has 22 heavy (non-hydrogen) atoms. The molecular weight excluding hydrogens is 272 g/mol. The van der Waals surface area contributed by atoms with Crippen LogP contribution in [0.2, 0.25) is 0 Å². The van der Waals surface area contributed by atoms with E-state index >= 15 is 0 Å². The molecule has 1 heterocycles. The van der Waals surface area contributed by atoms with Crippen molar-refractivity contribution in [2.75, 3.05) is 27.2 Å². The van der Waals surface area contributed by atoms with E-state index in [-0.39, 0.29) is 11.3 Å². The van der Waals surface area contributed by atoms with Crippen LogP contribution in [-0.4, -0.2) is 42.9 Å². The number of piperidine rings is 1. The van der Waals surface area contributed by atoms with Gasteiger partial charge in [-0.3, -0.25) is 4.79 Å². The molecule has 0 N–H and O–H groups in total. The molecule has 1 aromatic carbocycles. The molecule has 0 radical (unpaired) electrons. The summed E-state index contributed by atoms with van der Waals surface area (Å²) in [6.45, 7) is 9.49. The van der Waals surface area contributed by atoms with Gasteiger partial charge < -0.3 is 9.80 Å². The van der Waals surface area contributed by atoms with Crippen molar-refractivity contribution < 1.29 is 4.79 Å². The van der Waals surface area contributed by atoms with Gasteiger partial charge in [-0.1, -0.05) is 32.9 Å². The molecule has 0 unspecified atom stereocenters. The van der Waals surface area contributed by atoms with Crippen molar-refractivity contribution in [2.24, 2.45) is 11.3 Å². The Bertz CT molecular complexity index is 516. The molecule has 1 amide bonds. The topological polar surface area (TPSA) is 23.6 Å². The third kappa shape index (κ3) is 4.33. The van der Waals surface area contributed by atoms with Crippen LogP contribution < -0.4 is 0 Å². The molecule has 1 aliphatic rings. The summed E-state index contributed by atoms with van der Waals surface area (Å²) in [5.41, 5.74) is 2.29. The SMILES string of the molecule is CN(C)Cc1cccc(C(=O)N2CCC[C@H](C(C)(C)C)C2)c1. The Labute approximate surface area is 135 Å². The number of carbonyl (C=O) groups excluding carboxylic acids is 1. The van der Waals surface area contributed by atoms with Crippen LogP contribution in [0, 0.1) is 11.3 Å². The normalized spacial score (nSPS) is 19.5. The highest BCUT2D eigenvalue weighted by molar-refractivity contribution is 5.94. The Morgan fingerprint density at radius 2 is 2.05 bits per heavy atom. The molecule has 3 heteroatoms. The van der Waals surface area contributed by atoms with Gasteiger partial charge >= 0.3 is 0 Å². The van der Waals surface area contributed by atoms with E-state index in [9.17, 15) is 4.79 Å². The first-order valence-corrected chi connectivity index (χ1v) is 8.30. The zero-order valence-electron chi connectivity index (χ0n) is 14.7. The molecule has 0 saturated carbocycles. The number of nitrogens with zero attached hydrogens (tertiary/aromatic N) is 2. The van der Waals surface area contributed by atoms with E-state index in [1.54, 1.807) is 0 Å². The predicted molar refractivity (Wildman–Crippen MR) is 91.9 cm³/mol. The Balaban J connectivity index is 2.10. The Hall–Kier alpha value is -1.35. The number of hydrogen-bond acceptors (Lipinski definition) is 2. The fourth-order valence-electron chi connectivity index (χ4n) is 3.22. The van der Waals surface area contributed by atoms with Gasteiger partial charge in [0.25, 0.3) is 5.91 Å². The molecule has 0 aliphatic carbocycles. The summed E-state index contributed by atoms with van der Waals surface area (Å²) < 4.78 is 0.